The van der Waals surface area contributed by atoms with E-state index in [-0.39, 0.29) is 29.8 Å². The van der Waals surface area contributed by atoms with Crippen LogP contribution in [0.1, 0.15) is 46.5 Å². The maximum Gasteiger partial charge on any atom is 0.246 e. The van der Waals surface area contributed by atoms with Crippen LogP contribution in [0.5, 0.6) is 0 Å². The van der Waals surface area contributed by atoms with Crippen LogP contribution in [-0.4, -0.2) is 35.3 Å². The molecule has 1 aliphatic heterocycles. The Hall–Kier alpha value is -1.06. The summed E-state index contributed by atoms with van der Waals surface area (Å²) in [5.74, 6) is 2.06. The van der Waals surface area contributed by atoms with Crippen molar-refractivity contribution in [3.63, 3.8) is 0 Å². The lowest BCUT2D eigenvalue weighted by Gasteiger charge is -2.42. The molecule has 3 rings (SSSR count). The van der Waals surface area contributed by atoms with Crippen molar-refractivity contribution in [2.24, 2.45) is 23.7 Å². The molecule has 1 saturated heterocycles. The van der Waals surface area contributed by atoms with E-state index in [1.54, 1.807) is 0 Å². The second-order valence-corrected chi connectivity index (χ2v) is 7.32. The zero-order chi connectivity index (χ0) is 14.4. The molecule has 3 atom stereocenters. The maximum atomic E-state index is 12.8. The fourth-order valence-electron chi connectivity index (χ4n) is 3.50. The Labute approximate surface area is 121 Å². The minimum absolute atomic E-state index is 0.0551. The van der Waals surface area contributed by atoms with Gasteiger partial charge in [0.15, 0.2) is 0 Å². The Morgan fingerprint density at radius 2 is 1.80 bits per heavy atom. The van der Waals surface area contributed by atoms with Gasteiger partial charge in [-0.25, -0.2) is 0 Å². The summed E-state index contributed by atoms with van der Waals surface area (Å²) >= 11 is 0. The highest BCUT2D eigenvalue weighted by Crippen LogP contribution is 2.39. The van der Waals surface area contributed by atoms with Gasteiger partial charge in [-0.15, -0.1) is 0 Å². The lowest BCUT2D eigenvalue weighted by molar-refractivity contribution is -0.152. The van der Waals surface area contributed by atoms with Gasteiger partial charge in [0.05, 0.1) is 0 Å². The van der Waals surface area contributed by atoms with Crippen LogP contribution >= 0.6 is 0 Å². The Bertz CT molecular complexity index is 413. The fourth-order valence-corrected chi connectivity index (χ4v) is 3.50. The van der Waals surface area contributed by atoms with E-state index >= 15 is 0 Å². The summed E-state index contributed by atoms with van der Waals surface area (Å²) in [5.41, 5.74) is 0. The molecule has 3 aliphatic rings. The number of amides is 2. The summed E-state index contributed by atoms with van der Waals surface area (Å²) in [6.07, 6.45) is 4.73. The Morgan fingerprint density at radius 3 is 2.30 bits per heavy atom. The minimum atomic E-state index is -0.279. The third-order valence-electron chi connectivity index (χ3n) is 5.09. The molecule has 112 valence electrons. The first kappa shape index (κ1) is 13.9. The number of carbonyl (C=O) groups excluding carboxylic acids is 2. The quantitative estimate of drug-likeness (QED) is 0.833. The third kappa shape index (κ3) is 2.57. The van der Waals surface area contributed by atoms with Crippen molar-refractivity contribution in [2.45, 2.75) is 58.5 Å². The lowest BCUT2D eigenvalue weighted by atomic mass is 9.93. The minimum Gasteiger partial charge on any atom is -0.342 e. The molecule has 2 amide bonds. The predicted octanol–water partition coefficient (Wildman–Crippen LogP) is 1.79. The van der Waals surface area contributed by atoms with E-state index in [0.29, 0.717) is 11.8 Å². The number of hydrogen-bond acceptors (Lipinski definition) is 2. The molecule has 3 unspecified atom stereocenters. The van der Waals surface area contributed by atoms with Gasteiger partial charge in [-0.3, -0.25) is 9.59 Å². The molecule has 0 aromatic rings. The van der Waals surface area contributed by atoms with E-state index in [1.165, 1.54) is 12.8 Å². The Morgan fingerprint density at radius 1 is 1.15 bits per heavy atom. The summed E-state index contributed by atoms with van der Waals surface area (Å²) in [6, 6.07) is -0.525. The summed E-state index contributed by atoms with van der Waals surface area (Å²) in [4.78, 5) is 27.1. The van der Waals surface area contributed by atoms with Crippen molar-refractivity contribution in [2.75, 3.05) is 6.54 Å². The molecule has 0 aromatic heterocycles. The van der Waals surface area contributed by atoms with Gasteiger partial charge >= 0.3 is 0 Å². The smallest absolute Gasteiger partial charge is 0.246 e. The average Bonchev–Trinajstić information content (AvgIpc) is 3.26. The highest BCUT2D eigenvalue weighted by atomic mass is 16.2. The van der Waals surface area contributed by atoms with Crippen LogP contribution in [0.15, 0.2) is 0 Å². The standard InChI is InChI=1S/C16H26N2O2/c1-9(2)14-15(19)17-13(12-6-7-12)16(20)18(14)8-10(3)11-4-5-11/h9-14H,4-8H2,1-3H3,(H,17,19). The second kappa shape index (κ2) is 5.05. The van der Waals surface area contributed by atoms with Crippen molar-refractivity contribution in [3.05, 3.63) is 0 Å². The Balaban J connectivity index is 1.78. The van der Waals surface area contributed by atoms with Gasteiger partial charge in [-0.05, 0) is 49.4 Å². The SMILES string of the molecule is CC(C)C1C(=O)NC(C2CC2)C(=O)N1CC(C)C1CC1. The zero-order valence-corrected chi connectivity index (χ0v) is 12.8. The lowest BCUT2D eigenvalue weighted by Crippen LogP contribution is -2.66. The average molecular weight is 278 g/mol. The molecule has 0 bridgehead atoms. The van der Waals surface area contributed by atoms with Crippen LogP contribution in [-0.2, 0) is 9.59 Å². The van der Waals surface area contributed by atoms with E-state index in [0.717, 1.165) is 25.3 Å². The number of carbonyl (C=O) groups is 2. The van der Waals surface area contributed by atoms with Gasteiger partial charge in [0.25, 0.3) is 0 Å². The molecule has 1 N–H and O–H groups in total. The van der Waals surface area contributed by atoms with Crippen LogP contribution in [0.2, 0.25) is 0 Å². The summed E-state index contributed by atoms with van der Waals surface area (Å²) in [5, 5.41) is 2.98. The predicted molar refractivity (Wildman–Crippen MR) is 76.9 cm³/mol. The van der Waals surface area contributed by atoms with E-state index in [1.807, 2.05) is 18.7 Å². The number of piperazine rings is 1. The monoisotopic (exact) mass is 278 g/mol. The second-order valence-electron chi connectivity index (χ2n) is 7.32. The normalized spacial score (nSPS) is 32.5. The molecule has 0 radical (unpaired) electrons. The molecule has 1 heterocycles. The van der Waals surface area contributed by atoms with Crippen LogP contribution in [0, 0.1) is 23.7 Å². The summed E-state index contributed by atoms with van der Waals surface area (Å²) in [7, 11) is 0. The van der Waals surface area contributed by atoms with E-state index < -0.39 is 0 Å². The largest absolute Gasteiger partial charge is 0.342 e. The van der Waals surface area contributed by atoms with Crippen LogP contribution < -0.4 is 5.32 Å². The first-order valence-corrected chi connectivity index (χ1v) is 8.10. The van der Waals surface area contributed by atoms with Gasteiger partial charge in [-0.2, -0.15) is 0 Å². The number of rotatable bonds is 5. The van der Waals surface area contributed by atoms with E-state index in [2.05, 4.69) is 12.2 Å². The molecule has 0 spiro atoms. The zero-order valence-electron chi connectivity index (χ0n) is 12.8. The van der Waals surface area contributed by atoms with Gasteiger partial charge < -0.3 is 10.2 Å². The van der Waals surface area contributed by atoms with Gasteiger partial charge in [0, 0.05) is 6.54 Å². The van der Waals surface area contributed by atoms with Crippen LogP contribution in [0.25, 0.3) is 0 Å². The fraction of sp³-hybridized carbons (Fsp3) is 0.875. The number of nitrogens with one attached hydrogen (secondary N) is 1. The highest BCUT2D eigenvalue weighted by molar-refractivity contribution is 5.97. The Kier molecular flexibility index (Phi) is 3.51. The molecule has 20 heavy (non-hydrogen) atoms. The van der Waals surface area contributed by atoms with Crippen molar-refractivity contribution in [3.8, 4) is 0 Å². The van der Waals surface area contributed by atoms with Gasteiger partial charge in [0.1, 0.15) is 12.1 Å². The summed E-state index contributed by atoms with van der Waals surface area (Å²) in [6.45, 7) is 7.04. The molecule has 4 heteroatoms. The van der Waals surface area contributed by atoms with E-state index in [9.17, 15) is 9.59 Å². The molecule has 0 aromatic carbocycles. The molecule has 3 fully saturated rings. The number of hydrogen-bond donors (Lipinski definition) is 1. The van der Waals surface area contributed by atoms with Gasteiger partial charge in [0.2, 0.25) is 11.8 Å². The van der Waals surface area contributed by atoms with Crippen molar-refractivity contribution in [1.82, 2.24) is 10.2 Å². The molecular formula is C16H26N2O2. The maximum absolute atomic E-state index is 12.8. The van der Waals surface area contributed by atoms with Crippen molar-refractivity contribution >= 4 is 11.8 Å². The van der Waals surface area contributed by atoms with Crippen LogP contribution in [0.4, 0.5) is 0 Å². The molecular weight excluding hydrogens is 252 g/mol. The van der Waals surface area contributed by atoms with Crippen LogP contribution in [0.3, 0.4) is 0 Å². The number of nitrogens with zero attached hydrogens (tertiary/aromatic N) is 1. The molecule has 2 saturated carbocycles. The molecule has 4 nitrogen and oxygen atoms in total. The highest BCUT2D eigenvalue weighted by Gasteiger charge is 2.48. The first-order chi connectivity index (χ1) is 9.49. The first-order valence-electron chi connectivity index (χ1n) is 8.10. The topological polar surface area (TPSA) is 49.4 Å². The van der Waals surface area contributed by atoms with Crippen molar-refractivity contribution in [1.29, 1.82) is 0 Å². The van der Waals surface area contributed by atoms with E-state index in [4.69, 9.17) is 0 Å². The summed E-state index contributed by atoms with van der Waals surface area (Å²) < 4.78 is 0. The van der Waals surface area contributed by atoms with Crippen molar-refractivity contribution < 1.29 is 9.59 Å². The van der Waals surface area contributed by atoms with Gasteiger partial charge in [-0.1, -0.05) is 20.8 Å². The third-order valence-corrected chi connectivity index (χ3v) is 5.09. The molecule has 2 aliphatic carbocycles.